The van der Waals surface area contributed by atoms with Gasteiger partial charge in [0.25, 0.3) is 5.91 Å². The van der Waals surface area contributed by atoms with Gasteiger partial charge in [0, 0.05) is 22.4 Å². The summed E-state index contributed by atoms with van der Waals surface area (Å²) in [6, 6.07) is 7.53. The highest BCUT2D eigenvalue weighted by Crippen LogP contribution is 2.22. The Bertz CT molecular complexity index is 785. The van der Waals surface area contributed by atoms with E-state index in [0.717, 1.165) is 24.1 Å². The Morgan fingerprint density at radius 2 is 1.81 bits per heavy atom. The maximum absolute atomic E-state index is 12.6. The van der Waals surface area contributed by atoms with E-state index in [1.807, 2.05) is 26.0 Å². The molecular weight excluding hydrogens is 348 g/mol. The first-order valence-corrected chi connectivity index (χ1v) is 9.59. The van der Waals surface area contributed by atoms with Gasteiger partial charge in [-0.15, -0.1) is 0 Å². The van der Waals surface area contributed by atoms with Gasteiger partial charge in [-0.05, 0) is 50.5 Å². The van der Waals surface area contributed by atoms with Gasteiger partial charge in [-0.1, -0.05) is 43.4 Å². The van der Waals surface area contributed by atoms with E-state index in [1.165, 1.54) is 25.7 Å². The highest BCUT2D eigenvalue weighted by Gasteiger charge is 2.16. The van der Waals surface area contributed by atoms with Gasteiger partial charge in [0.1, 0.15) is 5.69 Å². The third-order valence-corrected chi connectivity index (χ3v) is 5.11. The fourth-order valence-electron chi connectivity index (χ4n) is 3.22. The first-order valence-electron chi connectivity index (χ1n) is 9.21. The first kappa shape index (κ1) is 18.6. The Kier molecular flexibility index (Phi) is 6.09. The Balaban J connectivity index is 1.73. The molecule has 1 amide bonds. The molecule has 2 aromatic rings. The summed E-state index contributed by atoms with van der Waals surface area (Å²) in [4.78, 5) is 21.5. The molecule has 1 aliphatic rings. The second-order valence-electron chi connectivity index (χ2n) is 6.97. The molecule has 1 aromatic carbocycles. The Morgan fingerprint density at radius 3 is 2.50 bits per heavy atom. The van der Waals surface area contributed by atoms with E-state index in [2.05, 4.69) is 20.6 Å². The van der Waals surface area contributed by atoms with Gasteiger partial charge in [0.05, 0.1) is 0 Å². The third kappa shape index (κ3) is 4.94. The monoisotopic (exact) mass is 372 g/mol. The lowest BCUT2D eigenvalue weighted by molar-refractivity contribution is 0.102. The number of aryl methyl sites for hydroxylation is 2. The maximum atomic E-state index is 12.6. The van der Waals surface area contributed by atoms with Crippen LogP contribution in [0.25, 0.3) is 0 Å². The molecule has 3 rings (SSSR count). The fraction of sp³-hybridized carbons (Fsp3) is 0.450. The Morgan fingerprint density at radius 1 is 1.08 bits per heavy atom. The number of hydrogen-bond donors (Lipinski definition) is 2. The number of aromatic nitrogens is 2. The van der Waals surface area contributed by atoms with Crippen LogP contribution in [0.5, 0.6) is 0 Å². The van der Waals surface area contributed by atoms with E-state index in [1.54, 1.807) is 12.1 Å². The van der Waals surface area contributed by atoms with Crippen LogP contribution in [0, 0.1) is 13.8 Å². The van der Waals surface area contributed by atoms with Crippen molar-refractivity contribution in [3.63, 3.8) is 0 Å². The quantitative estimate of drug-likeness (QED) is 0.729. The summed E-state index contributed by atoms with van der Waals surface area (Å²) in [6.07, 6.45) is 7.29. The first-order chi connectivity index (χ1) is 12.5. The summed E-state index contributed by atoms with van der Waals surface area (Å²) >= 11 is 6.13. The number of amides is 1. The molecule has 6 heteroatoms. The minimum Gasteiger partial charge on any atom is -0.351 e. The second-order valence-corrected chi connectivity index (χ2v) is 7.38. The van der Waals surface area contributed by atoms with Gasteiger partial charge < -0.3 is 10.6 Å². The summed E-state index contributed by atoms with van der Waals surface area (Å²) < 4.78 is 0. The zero-order valence-electron chi connectivity index (χ0n) is 15.3. The number of carbonyl (C=O) groups is 1. The van der Waals surface area contributed by atoms with E-state index in [-0.39, 0.29) is 5.91 Å². The zero-order valence-corrected chi connectivity index (χ0v) is 16.1. The minimum absolute atomic E-state index is 0.265. The lowest BCUT2D eigenvalue weighted by Crippen LogP contribution is -2.22. The second kappa shape index (κ2) is 8.49. The van der Waals surface area contributed by atoms with Gasteiger partial charge in [-0.25, -0.2) is 9.97 Å². The van der Waals surface area contributed by atoms with Crippen LogP contribution in [-0.4, -0.2) is 21.9 Å². The minimum atomic E-state index is -0.265. The van der Waals surface area contributed by atoms with Crippen LogP contribution in [0.3, 0.4) is 0 Å². The van der Waals surface area contributed by atoms with Crippen LogP contribution >= 0.6 is 11.6 Å². The van der Waals surface area contributed by atoms with Crippen molar-refractivity contribution in [3.8, 4) is 0 Å². The molecule has 0 unspecified atom stereocenters. The van der Waals surface area contributed by atoms with Crippen molar-refractivity contribution in [3.05, 3.63) is 46.2 Å². The number of carbonyl (C=O) groups excluding carboxylic acids is 1. The summed E-state index contributed by atoms with van der Waals surface area (Å²) in [7, 11) is 0. The molecule has 1 heterocycles. The number of hydrogen-bond acceptors (Lipinski definition) is 4. The summed E-state index contributed by atoms with van der Waals surface area (Å²) in [5.41, 5.74) is 2.74. The smallest absolute Gasteiger partial charge is 0.274 e. The number of nitrogens with one attached hydrogen (secondary N) is 2. The molecule has 138 valence electrons. The topological polar surface area (TPSA) is 66.9 Å². The molecule has 1 saturated carbocycles. The summed E-state index contributed by atoms with van der Waals surface area (Å²) in [6.45, 7) is 3.80. The van der Waals surface area contributed by atoms with Crippen molar-refractivity contribution in [2.24, 2.45) is 0 Å². The van der Waals surface area contributed by atoms with Crippen LogP contribution in [-0.2, 0) is 0 Å². The van der Waals surface area contributed by atoms with Crippen LogP contribution in [0.1, 0.15) is 60.3 Å². The maximum Gasteiger partial charge on any atom is 0.274 e. The molecule has 0 spiro atoms. The normalized spacial score (nSPS) is 15.3. The number of nitrogens with zero attached hydrogens (tertiary/aromatic N) is 2. The Hall–Kier alpha value is -2.14. The predicted octanol–water partition coefficient (Wildman–Crippen LogP) is 5.13. The molecule has 2 N–H and O–H groups in total. The molecule has 0 aliphatic heterocycles. The van der Waals surface area contributed by atoms with Crippen molar-refractivity contribution in [2.75, 3.05) is 10.6 Å². The summed E-state index contributed by atoms with van der Waals surface area (Å²) in [5, 5.41) is 6.89. The lowest BCUT2D eigenvalue weighted by atomic mass is 10.1. The van der Waals surface area contributed by atoms with Crippen molar-refractivity contribution in [1.29, 1.82) is 0 Å². The van der Waals surface area contributed by atoms with Crippen molar-refractivity contribution in [1.82, 2.24) is 9.97 Å². The number of anilines is 2. The average molecular weight is 373 g/mol. The number of benzene rings is 1. The zero-order chi connectivity index (χ0) is 18.5. The molecule has 1 aromatic heterocycles. The van der Waals surface area contributed by atoms with Gasteiger partial charge >= 0.3 is 0 Å². The van der Waals surface area contributed by atoms with Crippen LogP contribution in [0.4, 0.5) is 11.6 Å². The van der Waals surface area contributed by atoms with Gasteiger partial charge in [-0.3, -0.25) is 4.79 Å². The molecule has 0 saturated heterocycles. The average Bonchev–Trinajstić information content (AvgIpc) is 2.86. The standard InChI is InChI=1S/C20H25ClN4O/c1-13-9-10-16(12-17(13)21)23-19(26)18-11-14(2)22-20(25-18)24-15-7-5-3-4-6-8-15/h9-12,15H,3-8H2,1-2H3,(H,23,26)(H,22,24,25). The predicted molar refractivity (Wildman–Crippen MR) is 106 cm³/mol. The van der Waals surface area contributed by atoms with Gasteiger partial charge in [0.15, 0.2) is 0 Å². The molecule has 0 atom stereocenters. The van der Waals surface area contributed by atoms with Crippen LogP contribution < -0.4 is 10.6 Å². The van der Waals surface area contributed by atoms with Crippen LogP contribution in [0.2, 0.25) is 5.02 Å². The molecular formula is C20H25ClN4O. The Labute approximate surface area is 159 Å². The number of halogens is 1. The molecule has 0 radical (unpaired) electrons. The van der Waals surface area contributed by atoms with Gasteiger partial charge in [-0.2, -0.15) is 0 Å². The van der Waals surface area contributed by atoms with Crippen molar-refractivity contribution in [2.45, 2.75) is 58.4 Å². The fourth-order valence-corrected chi connectivity index (χ4v) is 3.40. The molecule has 0 bridgehead atoms. The highest BCUT2D eigenvalue weighted by molar-refractivity contribution is 6.31. The van der Waals surface area contributed by atoms with E-state index < -0.39 is 0 Å². The number of rotatable bonds is 4. The van der Waals surface area contributed by atoms with E-state index in [0.29, 0.717) is 28.4 Å². The highest BCUT2D eigenvalue weighted by atomic mass is 35.5. The van der Waals surface area contributed by atoms with Crippen molar-refractivity contribution >= 4 is 29.1 Å². The van der Waals surface area contributed by atoms with Crippen LogP contribution in [0.15, 0.2) is 24.3 Å². The molecule has 26 heavy (non-hydrogen) atoms. The SMILES string of the molecule is Cc1cc(C(=O)Nc2ccc(C)c(Cl)c2)nc(NC2CCCCCC2)n1. The van der Waals surface area contributed by atoms with Gasteiger partial charge in [0.2, 0.25) is 5.95 Å². The summed E-state index contributed by atoms with van der Waals surface area (Å²) in [5.74, 6) is 0.267. The van der Waals surface area contributed by atoms with E-state index >= 15 is 0 Å². The molecule has 5 nitrogen and oxygen atoms in total. The van der Waals surface area contributed by atoms with E-state index in [9.17, 15) is 4.79 Å². The molecule has 1 aliphatic carbocycles. The largest absolute Gasteiger partial charge is 0.351 e. The molecule has 1 fully saturated rings. The van der Waals surface area contributed by atoms with Crippen molar-refractivity contribution < 1.29 is 4.79 Å². The lowest BCUT2D eigenvalue weighted by Gasteiger charge is -2.17. The third-order valence-electron chi connectivity index (χ3n) is 4.70. The van der Waals surface area contributed by atoms with E-state index in [4.69, 9.17) is 11.6 Å².